The highest BCUT2D eigenvalue weighted by molar-refractivity contribution is 7.17. The summed E-state index contributed by atoms with van der Waals surface area (Å²) in [6.45, 7) is 5.14. The Morgan fingerprint density at radius 1 is 1.31 bits per heavy atom. The van der Waals surface area contributed by atoms with Crippen molar-refractivity contribution in [3.05, 3.63) is 33.0 Å². The second kappa shape index (κ2) is 8.97. The molecule has 1 fully saturated rings. The fourth-order valence-electron chi connectivity index (χ4n) is 2.45. The first kappa shape index (κ1) is 18.6. The van der Waals surface area contributed by atoms with E-state index < -0.39 is 6.03 Å². The van der Waals surface area contributed by atoms with Crippen LogP contribution in [0.5, 0.6) is 0 Å². The Bertz CT molecular complexity index is 741. The summed E-state index contributed by atoms with van der Waals surface area (Å²) >= 11 is 2.97. The number of nitrogens with zero attached hydrogens (tertiary/aromatic N) is 2. The Labute approximate surface area is 159 Å². The molecule has 0 radical (unpaired) electrons. The molecule has 0 atom stereocenters. The van der Waals surface area contributed by atoms with E-state index in [9.17, 15) is 9.59 Å². The number of rotatable bonds is 5. The van der Waals surface area contributed by atoms with Crippen LogP contribution >= 0.6 is 22.7 Å². The first-order chi connectivity index (χ1) is 12.6. The van der Waals surface area contributed by atoms with Crippen LogP contribution in [-0.4, -0.2) is 49.8 Å². The van der Waals surface area contributed by atoms with Gasteiger partial charge in [-0.25, -0.2) is 15.2 Å². The minimum atomic E-state index is -0.439. The number of amides is 3. The summed E-state index contributed by atoms with van der Waals surface area (Å²) in [6.07, 6.45) is 0.760. The quantitative estimate of drug-likeness (QED) is 0.668. The standard InChI is InChI=1S/C16H21N5O3S2/c1-11-13(26-16(18-11)21-6-8-24-9-7-21)14(22)19-20-15(23)17-5-4-12-3-2-10-25-12/h2-3,10H,4-9H2,1H3,(H,19,22)(H2,17,20,23). The largest absolute Gasteiger partial charge is 0.378 e. The van der Waals surface area contributed by atoms with Crippen LogP contribution < -0.4 is 21.1 Å². The fraction of sp³-hybridized carbons (Fsp3) is 0.438. The fourth-order valence-corrected chi connectivity index (χ4v) is 4.17. The van der Waals surface area contributed by atoms with E-state index in [-0.39, 0.29) is 5.91 Å². The van der Waals surface area contributed by atoms with Gasteiger partial charge in [0.05, 0.1) is 18.9 Å². The number of nitrogens with one attached hydrogen (secondary N) is 3. The van der Waals surface area contributed by atoms with E-state index >= 15 is 0 Å². The second-order valence-corrected chi connectivity index (χ2v) is 7.68. The lowest BCUT2D eigenvalue weighted by Gasteiger charge is -2.25. The van der Waals surface area contributed by atoms with Crippen LogP contribution in [0.2, 0.25) is 0 Å². The van der Waals surface area contributed by atoms with Gasteiger partial charge in [0, 0.05) is 24.5 Å². The summed E-state index contributed by atoms with van der Waals surface area (Å²) in [5.74, 6) is -0.368. The SMILES string of the molecule is Cc1nc(N2CCOCC2)sc1C(=O)NNC(=O)NCCc1cccs1. The molecule has 0 bridgehead atoms. The summed E-state index contributed by atoms with van der Waals surface area (Å²) < 4.78 is 5.33. The molecule has 10 heteroatoms. The highest BCUT2D eigenvalue weighted by Gasteiger charge is 2.20. The molecule has 140 valence electrons. The zero-order chi connectivity index (χ0) is 18.4. The van der Waals surface area contributed by atoms with E-state index in [1.165, 1.54) is 16.2 Å². The Hall–Kier alpha value is -2.17. The van der Waals surface area contributed by atoms with Crippen molar-refractivity contribution in [2.75, 3.05) is 37.7 Å². The van der Waals surface area contributed by atoms with Crippen molar-refractivity contribution in [3.63, 3.8) is 0 Å². The number of carbonyl (C=O) groups excluding carboxylic acids is 2. The molecule has 1 aliphatic rings. The first-order valence-corrected chi connectivity index (χ1v) is 10.00. The van der Waals surface area contributed by atoms with Gasteiger partial charge in [-0.2, -0.15) is 0 Å². The highest BCUT2D eigenvalue weighted by Crippen LogP contribution is 2.26. The van der Waals surface area contributed by atoms with Crippen molar-refractivity contribution in [2.45, 2.75) is 13.3 Å². The molecule has 2 aromatic heterocycles. The predicted molar refractivity (Wildman–Crippen MR) is 102 cm³/mol. The van der Waals surface area contributed by atoms with E-state index in [1.807, 2.05) is 17.5 Å². The summed E-state index contributed by atoms with van der Waals surface area (Å²) in [7, 11) is 0. The molecular weight excluding hydrogens is 374 g/mol. The minimum Gasteiger partial charge on any atom is -0.378 e. The molecule has 3 amide bonds. The van der Waals surface area contributed by atoms with Gasteiger partial charge in [0.25, 0.3) is 5.91 Å². The van der Waals surface area contributed by atoms with Crippen LogP contribution in [0.1, 0.15) is 20.2 Å². The van der Waals surface area contributed by atoms with Crippen molar-refractivity contribution in [2.24, 2.45) is 0 Å². The van der Waals surface area contributed by atoms with Crippen LogP contribution in [0.4, 0.5) is 9.93 Å². The zero-order valence-electron chi connectivity index (χ0n) is 14.4. The molecule has 26 heavy (non-hydrogen) atoms. The molecule has 0 aromatic carbocycles. The molecule has 0 spiro atoms. The number of urea groups is 1. The van der Waals surface area contributed by atoms with Gasteiger partial charge in [0.15, 0.2) is 5.13 Å². The molecule has 1 saturated heterocycles. The Balaban J connectivity index is 1.45. The number of hydrazine groups is 1. The van der Waals surface area contributed by atoms with Gasteiger partial charge < -0.3 is 15.0 Å². The van der Waals surface area contributed by atoms with E-state index in [0.29, 0.717) is 30.3 Å². The number of aromatic nitrogens is 1. The topological polar surface area (TPSA) is 95.6 Å². The molecule has 0 saturated carbocycles. The Morgan fingerprint density at radius 3 is 2.85 bits per heavy atom. The third kappa shape index (κ3) is 4.93. The summed E-state index contributed by atoms with van der Waals surface area (Å²) in [5, 5.41) is 5.51. The number of hydrogen-bond acceptors (Lipinski definition) is 7. The van der Waals surface area contributed by atoms with Crippen LogP contribution in [0, 0.1) is 6.92 Å². The van der Waals surface area contributed by atoms with E-state index in [2.05, 4.69) is 26.1 Å². The normalized spacial score (nSPS) is 14.1. The lowest BCUT2D eigenvalue weighted by Crippen LogP contribution is -2.47. The molecular formula is C16H21N5O3S2. The number of morpholine rings is 1. The maximum absolute atomic E-state index is 12.3. The Morgan fingerprint density at radius 2 is 2.12 bits per heavy atom. The molecule has 3 N–H and O–H groups in total. The number of carbonyl (C=O) groups is 2. The summed E-state index contributed by atoms with van der Waals surface area (Å²) in [5.41, 5.74) is 5.45. The Kier molecular flexibility index (Phi) is 6.42. The predicted octanol–water partition coefficient (Wildman–Crippen LogP) is 1.54. The number of hydrogen-bond donors (Lipinski definition) is 3. The second-order valence-electron chi connectivity index (χ2n) is 5.67. The molecule has 0 unspecified atom stereocenters. The number of ether oxygens (including phenoxy) is 1. The van der Waals surface area contributed by atoms with Crippen molar-refractivity contribution in [3.8, 4) is 0 Å². The first-order valence-electron chi connectivity index (χ1n) is 8.30. The number of thiophene rings is 1. The molecule has 8 nitrogen and oxygen atoms in total. The number of anilines is 1. The van der Waals surface area contributed by atoms with E-state index in [0.717, 1.165) is 24.6 Å². The van der Waals surface area contributed by atoms with Crippen molar-refractivity contribution in [1.82, 2.24) is 21.2 Å². The van der Waals surface area contributed by atoms with Gasteiger partial charge in [-0.15, -0.1) is 11.3 Å². The minimum absolute atomic E-state index is 0.368. The number of aryl methyl sites for hydroxylation is 1. The van der Waals surface area contributed by atoms with Crippen molar-refractivity contribution < 1.29 is 14.3 Å². The van der Waals surface area contributed by atoms with Crippen LogP contribution in [0.3, 0.4) is 0 Å². The maximum atomic E-state index is 12.3. The zero-order valence-corrected chi connectivity index (χ0v) is 16.0. The third-order valence-electron chi connectivity index (χ3n) is 3.80. The van der Waals surface area contributed by atoms with Gasteiger partial charge in [-0.3, -0.25) is 10.2 Å². The van der Waals surface area contributed by atoms with Crippen molar-refractivity contribution >= 4 is 39.7 Å². The number of thiazole rings is 1. The van der Waals surface area contributed by atoms with Gasteiger partial charge in [-0.1, -0.05) is 17.4 Å². The average molecular weight is 396 g/mol. The lowest BCUT2D eigenvalue weighted by molar-refractivity contribution is 0.0939. The van der Waals surface area contributed by atoms with Crippen molar-refractivity contribution in [1.29, 1.82) is 0 Å². The maximum Gasteiger partial charge on any atom is 0.333 e. The molecule has 3 heterocycles. The van der Waals surface area contributed by atoms with E-state index in [4.69, 9.17) is 4.74 Å². The van der Waals surface area contributed by atoms with E-state index in [1.54, 1.807) is 18.3 Å². The smallest absolute Gasteiger partial charge is 0.333 e. The van der Waals surface area contributed by atoms with Gasteiger partial charge in [-0.05, 0) is 24.8 Å². The van der Waals surface area contributed by atoms with Crippen LogP contribution in [0.25, 0.3) is 0 Å². The average Bonchev–Trinajstić information content (AvgIpc) is 3.30. The van der Waals surface area contributed by atoms with Gasteiger partial charge in [0.2, 0.25) is 0 Å². The van der Waals surface area contributed by atoms with Gasteiger partial charge in [0.1, 0.15) is 4.88 Å². The summed E-state index contributed by atoms with van der Waals surface area (Å²) in [6, 6.07) is 3.55. The molecule has 1 aliphatic heterocycles. The van der Waals surface area contributed by atoms with Crippen LogP contribution in [0.15, 0.2) is 17.5 Å². The molecule has 3 rings (SSSR count). The lowest BCUT2D eigenvalue weighted by atomic mass is 10.3. The molecule has 0 aliphatic carbocycles. The highest BCUT2D eigenvalue weighted by atomic mass is 32.1. The third-order valence-corrected chi connectivity index (χ3v) is 5.95. The van der Waals surface area contributed by atoms with Gasteiger partial charge >= 0.3 is 6.03 Å². The van der Waals surface area contributed by atoms with Crippen LogP contribution in [-0.2, 0) is 11.2 Å². The monoisotopic (exact) mass is 395 g/mol. The summed E-state index contributed by atoms with van der Waals surface area (Å²) in [4.78, 5) is 32.3. The molecule has 2 aromatic rings.